The van der Waals surface area contributed by atoms with Gasteiger partial charge in [0, 0.05) is 11.6 Å². The zero-order valence-electron chi connectivity index (χ0n) is 11.7. The van der Waals surface area contributed by atoms with Crippen molar-refractivity contribution in [2.24, 2.45) is 17.6 Å². The normalized spacial score (nSPS) is 31.0. The predicted molar refractivity (Wildman–Crippen MR) is 72.6 cm³/mol. The van der Waals surface area contributed by atoms with Crippen LogP contribution < -0.4 is 16.4 Å². The molecule has 1 amide bonds. The van der Waals surface area contributed by atoms with Crippen LogP contribution in [0, 0.1) is 11.8 Å². The lowest BCUT2D eigenvalue weighted by atomic mass is 9.75. The van der Waals surface area contributed by atoms with Crippen LogP contribution >= 0.6 is 0 Å². The first-order chi connectivity index (χ1) is 8.29. The molecule has 106 valence electrons. The summed E-state index contributed by atoms with van der Waals surface area (Å²) in [5, 5.41) is 13.9. The molecule has 0 spiro atoms. The van der Waals surface area contributed by atoms with Crippen molar-refractivity contribution in [1.29, 1.82) is 0 Å². The Balaban J connectivity index is 0.000000187. The molecule has 1 heterocycles. The molecule has 0 radical (unpaired) electrons. The highest BCUT2D eigenvalue weighted by molar-refractivity contribution is 5.65. The second-order valence-electron chi connectivity index (χ2n) is 6.37. The third kappa shape index (κ3) is 5.23. The first-order valence-corrected chi connectivity index (χ1v) is 6.77. The van der Waals surface area contributed by atoms with E-state index < -0.39 is 6.09 Å². The van der Waals surface area contributed by atoms with Crippen molar-refractivity contribution in [1.82, 2.24) is 10.6 Å². The standard InChI is InChI=1S/C8H16N2.C5H11NO2/c9-8-6-2-1-3-7(8)5-10-4-6;1-5(2,3)6-4(7)8/h6-8,10H,1-5,9H2;6H,1-3H3,(H,7,8). The third-order valence-corrected chi connectivity index (χ3v) is 3.53. The molecule has 2 aliphatic rings. The molecular formula is C13H27N3O2. The zero-order valence-corrected chi connectivity index (χ0v) is 11.7. The predicted octanol–water partition coefficient (Wildman–Crippen LogP) is 1.39. The van der Waals surface area contributed by atoms with Crippen molar-refractivity contribution in [3.63, 3.8) is 0 Å². The summed E-state index contributed by atoms with van der Waals surface area (Å²) in [7, 11) is 0. The summed E-state index contributed by atoms with van der Waals surface area (Å²) in [6.07, 6.45) is 3.14. The molecule has 2 unspecified atom stereocenters. The van der Waals surface area contributed by atoms with Gasteiger partial charge >= 0.3 is 6.09 Å². The number of hydrogen-bond donors (Lipinski definition) is 4. The lowest BCUT2D eigenvalue weighted by Gasteiger charge is -2.40. The molecular weight excluding hydrogens is 230 g/mol. The molecule has 5 N–H and O–H groups in total. The number of hydrogen-bond acceptors (Lipinski definition) is 3. The van der Waals surface area contributed by atoms with Crippen LogP contribution in [-0.4, -0.2) is 35.9 Å². The van der Waals surface area contributed by atoms with Crippen LogP contribution in [-0.2, 0) is 0 Å². The Morgan fingerprint density at radius 3 is 2.06 bits per heavy atom. The van der Waals surface area contributed by atoms with Crippen molar-refractivity contribution in [2.45, 2.75) is 51.6 Å². The number of fused-ring (bicyclic) bond motifs is 2. The van der Waals surface area contributed by atoms with E-state index in [1.807, 2.05) is 0 Å². The Bertz CT molecular complexity index is 254. The lowest BCUT2D eigenvalue weighted by molar-refractivity contribution is 0.169. The van der Waals surface area contributed by atoms with Gasteiger partial charge in [-0.2, -0.15) is 0 Å². The molecule has 1 saturated heterocycles. The van der Waals surface area contributed by atoms with E-state index in [1.54, 1.807) is 20.8 Å². The molecule has 1 aliphatic heterocycles. The number of carbonyl (C=O) groups is 1. The van der Waals surface area contributed by atoms with E-state index in [1.165, 1.54) is 19.3 Å². The summed E-state index contributed by atoms with van der Waals surface area (Å²) in [4.78, 5) is 9.90. The van der Waals surface area contributed by atoms with Gasteiger partial charge < -0.3 is 21.5 Å². The summed E-state index contributed by atoms with van der Waals surface area (Å²) < 4.78 is 0. The smallest absolute Gasteiger partial charge is 0.405 e. The molecule has 2 atom stereocenters. The van der Waals surface area contributed by atoms with Gasteiger partial charge in [0.1, 0.15) is 0 Å². The van der Waals surface area contributed by atoms with E-state index in [0.717, 1.165) is 24.9 Å². The minimum atomic E-state index is -0.975. The quantitative estimate of drug-likeness (QED) is 0.528. The van der Waals surface area contributed by atoms with Crippen molar-refractivity contribution >= 4 is 6.09 Å². The van der Waals surface area contributed by atoms with Gasteiger partial charge in [-0.1, -0.05) is 6.42 Å². The topological polar surface area (TPSA) is 87.4 Å². The second-order valence-corrected chi connectivity index (χ2v) is 6.37. The first-order valence-electron chi connectivity index (χ1n) is 6.77. The Hall–Kier alpha value is -0.810. The molecule has 0 aromatic carbocycles. The lowest BCUT2D eigenvalue weighted by Crippen LogP contribution is -2.53. The fourth-order valence-corrected chi connectivity index (χ4v) is 2.66. The van der Waals surface area contributed by atoms with Crippen LogP contribution in [0.15, 0.2) is 0 Å². The highest BCUT2D eigenvalue weighted by atomic mass is 16.4. The zero-order chi connectivity index (χ0) is 13.8. The van der Waals surface area contributed by atoms with Crippen molar-refractivity contribution in [2.75, 3.05) is 13.1 Å². The van der Waals surface area contributed by atoms with Gasteiger partial charge in [0.25, 0.3) is 0 Å². The number of rotatable bonds is 0. The highest BCUT2D eigenvalue weighted by Gasteiger charge is 2.33. The van der Waals surface area contributed by atoms with Crippen molar-refractivity contribution in [3.8, 4) is 0 Å². The van der Waals surface area contributed by atoms with Crippen LogP contribution in [0.5, 0.6) is 0 Å². The molecule has 1 aliphatic carbocycles. The van der Waals surface area contributed by atoms with Crippen LogP contribution in [0.4, 0.5) is 4.79 Å². The molecule has 5 nitrogen and oxygen atoms in total. The number of amides is 1. The Morgan fingerprint density at radius 1 is 1.28 bits per heavy atom. The molecule has 2 rings (SSSR count). The molecule has 18 heavy (non-hydrogen) atoms. The van der Waals surface area contributed by atoms with Crippen molar-refractivity contribution in [3.05, 3.63) is 0 Å². The molecule has 2 bridgehead atoms. The van der Waals surface area contributed by atoms with E-state index >= 15 is 0 Å². The summed E-state index contributed by atoms with van der Waals surface area (Å²) >= 11 is 0. The van der Waals surface area contributed by atoms with Gasteiger partial charge in [-0.3, -0.25) is 0 Å². The van der Waals surface area contributed by atoms with Gasteiger partial charge in [0.2, 0.25) is 0 Å². The Kier molecular flexibility index (Phi) is 5.41. The minimum absolute atomic E-state index is 0.328. The average molecular weight is 257 g/mol. The van der Waals surface area contributed by atoms with Gasteiger partial charge in [-0.15, -0.1) is 0 Å². The first kappa shape index (κ1) is 15.2. The molecule has 5 heteroatoms. The van der Waals surface area contributed by atoms with Gasteiger partial charge in [0.15, 0.2) is 0 Å². The number of carboxylic acid groups (broad SMARTS) is 1. The Labute approximate surface area is 110 Å². The largest absolute Gasteiger partial charge is 0.465 e. The van der Waals surface area contributed by atoms with E-state index in [2.05, 4.69) is 10.6 Å². The van der Waals surface area contributed by atoms with Crippen molar-refractivity contribution < 1.29 is 9.90 Å². The summed E-state index contributed by atoms with van der Waals surface area (Å²) in [5.41, 5.74) is 5.72. The average Bonchev–Trinajstić information content (AvgIpc) is 2.13. The van der Waals surface area contributed by atoms with Gasteiger partial charge in [0.05, 0.1) is 0 Å². The summed E-state index contributed by atoms with van der Waals surface area (Å²) in [6, 6.07) is 0.509. The highest BCUT2D eigenvalue weighted by Crippen LogP contribution is 2.29. The third-order valence-electron chi connectivity index (χ3n) is 3.53. The fraction of sp³-hybridized carbons (Fsp3) is 0.923. The van der Waals surface area contributed by atoms with E-state index in [9.17, 15) is 4.79 Å². The Morgan fingerprint density at radius 2 is 1.78 bits per heavy atom. The maximum absolute atomic E-state index is 9.90. The minimum Gasteiger partial charge on any atom is -0.465 e. The van der Waals surface area contributed by atoms with Crippen LogP contribution in [0.25, 0.3) is 0 Å². The maximum atomic E-state index is 9.90. The maximum Gasteiger partial charge on any atom is 0.405 e. The number of piperidine rings is 1. The van der Waals surface area contributed by atoms with Gasteiger partial charge in [-0.05, 0) is 58.5 Å². The summed E-state index contributed by atoms with van der Waals surface area (Å²) in [6.45, 7) is 7.71. The van der Waals surface area contributed by atoms with Crippen LogP contribution in [0.2, 0.25) is 0 Å². The molecule has 0 aromatic rings. The van der Waals surface area contributed by atoms with Crippen LogP contribution in [0.3, 0.4) is 0 Å². The van der Waals surface area contributed by atoms with E-state index in [4.69, 9.17) is 10.8 Å². The molecule has 1 saturated carbocycles. The molecule has 0 aromatic heterocycles. The molecule has 2 fully saturated rings. The fourth-order valence-electron chi connectivity index (χ4n) is 2.66. The second kappa shape index (κ2) is 6.38. The van der Waals surface area contributed by atoms with Crippen LogP contribution in [0.1, 0.15) is 40.0 Å². The van der Waals surface area contributed by atoms with Gasteiger partial charge in [-0.25, -0.2) is 4.79 Å². The summed E-state index contributed by atoms with van der Waals surface area (Å²) in [5.74, 6) is 1.57. The van der Waals surface area contributed by atoms with E-state index in [-0.39, 0.29) is 5.54 Å². The monoisotopic (exact) mass is 257 g/mol. The van der Waals surface area contributed by atoms with E-state index in [0.29, 0.717) is 6.04 Å². The number of nitrogens with two attached hydrogens (primary N) is 1. The SMILES string of the molecule is CC(C)(C)NC(=O)O.NC1C2CCCC1CNC2. The number of nitrogens with one attached hydrogen (secondary N) is 2.